The number of fused-ring (bicyclic) bond motifs is 5. The van der Waals surface area contributed by atoms with Crippen LogP contribution in [0.15, 0.2) is 4.47 Å². The molecule has 0 saturated heterocycles. The number of hydrogen-bond donors (Lipinski definition) is 11. The zero-order valence-corrected chi connectivity index (χ0v) is 15.9. The number of phenols is 11. The van der Waals surface area contributed by atoms with Crippen molar-refractivity contribution in [2.75, 3.05) is 0 Å². The first kappa shape index (κ1) is 19.3. The van der Waals surface area contributed by atoms with Gasteiger partial charge in [0.1, 0.15) is 10.2 Å². The fraction of sp³-hybridized carbons (Fsp3) is 0. The van der Waals surface area contributed by atoms with Crippen molar-refractivity contribution < 1.29 is 56.2 Å². The van der Waals surface area contributed by atoms with Gasteiger partial charge in [-0.25, -0.2) is 0 Å². The van der Waals surface area contributed by atoms with E-state index in [1.54, 1.807) is 0 Å². The van der Waals surface area contributed by atoms with Gasteiger partial charge in [-0.2, -0.15) is 0 Å². The van der Waals surface area contributed by atoms with E-state index in [1.165, 1.54) is 0 Å². The van der Waals surface area contributed by atoms with Crippen molar-refractivity contribution in [2.45, 2.75) is 0 Å². The van der Waals surface area contributed by atoms with Gasteiger partial charge in [0.15, 0.2) is 46.0 Å². The van der Waals surface area contributed by atoms with Crippen LogP contribution in [0.2, 0.25) is 0 Å². The van der Waals surface area contributed by atoms with E-state index in [-0.39, 0.29) is 0 Å². The molecule has 12 heteroatoms. The van der Waals surface area contributed by atoms with Gasteiger partial charge in [-0.15, -0.1) is 0 Å². The summed E-state index contributed by atoms with van der Waals surface area (Å²) in [4.78, 5) is 0. The lowest BCUT2D eigenvalue weighted by Gasteiger charge is -2.19. The average Bonchev–Trinajstić information content (AvgIpc) is 2.71. The molecule has 0 unspecified atom stereocenters. The molecule has 0 fully saturated rings. The maximum absolute atomic E-state index is 10.6. The third-order valence-electron chi connectivity index (χ3n) is 4.91. The number of halogens is 1. The first-order chi connectivity index (χ1) is 13.9. The first-order valence-corrected chi connectivity index (χ1v) is 8.69. The van der Waals surface area contributed by atoms with Crippen molar-refractivity contribution >= 4 is 48.2 Å². The Kier molecular flexibility index (Phi) is 3.68. The van der Waals surface area contributed by atoms with E-state index in [0.717, 1.165) is 0 Å². The number of phenolic OH excluding ortho intramolecular Hbond substituents is 11. The molecule has 11 nitrogen and oxygen atoms in total. The second-order valence-electron chi connectivity index (χ2n) is 6.40. The lowest BCUT2D eigenvalue weighted by Crippen LogP contribution is -1.90. The normalized spacial score (nSPS) is 11.6. The van der Waals surface area contributed by atoms with Crippen LogP contribution in [0.1, 0.15) is 0 Å². The van der Waals surface area contributed by atoms with Crippen LogP contribution in [-0.2, 0) is 0 Å². The molecule has 4 aromatic rings. The molecule has 0 aromatic heterocycles. The third-order valence-corrected chi connectivity index (χ3v) is 5.66. The van der Waals surface area contributed by atoms with E-state index in [4.69, 9.17) is 0 Å². The molecule has 0 heterocycles. The van der Waals surface area contributed by atoms with E-state index in [0.29, 0.717) is 0 Å². The summed E-state index contributed by atoms with van der Waals surface area (Å²) in [5.74, 6) is -12.1. The lowest BCUT2D eigenvalue weighted by atomic mass is 9.91. The Balaban J connectivity index is 2.56. The molecule has 0 aliphatic carbocycles. The highest BCUT2D eigenvalue weighted by molar-refractivity contribution is 9.10. The van der Waals surface area contributed by atoms with Crippen LogP contribution in [-0.4, -0.2) is 56.2 Å². The van der Waals surface area contributed by atoms with Gasteiger partial charge in [0.25, 0.3) is 0 Å². The molecule has 0 aliphatic heterocycles. The van der Waals surface area contributed by atoms with Crippen molar-refractivity contribution in [3.63, 3.8) is 0 Å². The summed E-state index contributed by atoms with van der Waals surface area (Å²) >= 11 is 2.81. The largest absolute Gasteiger partial charge is 0.506 e. The molecule has 4 rings (SSSR count). The van der Waals surface area contributed by atoms with E-state index < -0.39 is 100 Å². The van der Waals surface area contributed by atoms with Crippen LogP contribution < -0.4 is 0 Å². The zero-order valence-electron chi connectivity index (χ0n) is 14.3. The summed E-state index contributed by atoms with van der Waals surface area (Å²) < 4.78 is -0.474. The van der Waals surface area contributed by atoms with E-state index in [2.05, 4.69) is 15.9 Å². The molecular weight excluding hydrogens is 472 g/mol. The third kappa shape index (κ3) is 1.97. The molecule has 0 radical (unpaired) electrons. The molecule has 0 bridgehead atoms. The summed E-state index contributed by atoms with van der Waals surface area (Å²) in [7, 11) is 0. The highest BCUT2D eigenvalue weighted by Crippen LogP contribution is 2.62. The molecule has 0 amide bonds. The Morgan fingerprint density at radius 1 is 0.267 bits per heavy atom. The Morgan fingerprint density at radius 3 is 0.933 bits per heavy atom. The average molecular weight is 483 g/mol. The molecule has 30 heavy (non-hydrogen) atoms. The topological polar surface area (TPSA) is 223 Å². The fourth-order valence-corrected chi connectivity index (χ4v) is 3.91. The van der Waals surface area contributed by atoms with Gasteiger partial charge >= 0.3 is 0 Å². The predicted octanol–water partition coefficient (Wildman–Crippen LogP) is 2.67. The Labute approximate surface area is 172 Å². The van der Waals surface area contributed by atoms with Crippen molar-refractivity contribution in [3.05, 3.63) is 4.47 Å². The summed E-state index contributed by atoms with van der Waals surface area (Å²) in [6.45, 7) is 0. The molecule has 0 saturated carbocycles. The van der Waals surface area contributed by atoms with E-state index in [1.807, 2.05) is 0 Å². The number of hydrogen-bond acceptors (Lipinski definition) is 11. The maximum atomic E-state index is 10.6. The van der Waals surface area contributed by atoms with Gasteiger partial charge in [-0.1, -0.05) is 0 Å². The molecular formula is C18H11BrO11. The smallest absolute Gasteiger partial charge is 0.205 e. The molecule has 0 atom stereocenters. The summed E-state index contributed by atoms with van der Waals surface area (Å²) in [5.41, 5.74) is 0. The van der Waals surface area contributed by atoms with Crippen LogP contribution in [0.3, 0.4) is 0 Å². The van der Waals surface area contributed by atoms with Gasteiger partial charge in [-0.3, -0.25) is 0 Å². The molecule has 0 spiro atoms. The Hall–Kier alpha value is -4.06. The van der Waals surface area contributed by atoms with Gasteiger partial charge in [0.05, 0.1) is 10.8 Å². The number of rotatable bonds is 0. The monoisotopic (exact) mass is 482 g/mol. The Morgan fingerprint density at radius 2 is 0.500 bits per heavy atom. The highest BCUT2D eigenvalue weighted by atomic mass is 79.9. The molecule has 0 aliphatic rings. The van der Waals surface area contributed by atoms with E-state index in [9.17, 15) is 56.2 Å². The lowest BCUT2D eigenvalue weighted by molar-refractivity contribution is 0.349. The van der Waals surface area contributed by atoms with Crippen LogP contribution in [0.4, 0.5) is 0 Å². The zero-order chi connectivity index (χ0) is 22.4. The number of benzene rings is 4. The first-order valence-electron chi connectivity index (χ1n) is 7.90. The molecule has 11 N–H and O–H groups in total. The van der Waals surface area contributed by atoms with Gasteiger partial charge < -0.3 is 56.2 Å². The van der Waals surface area contributed by atoms with E-state index >= 15 is 0 Å². The van der Waals surface area contributed by atoms with Crippen LogP contribution in [0.5, 0.6) is 63.2 Å². The van der Waals surface area contributed by atoms with Gasteiger partial charge in [0.2, 0.25) is 11.5 Å². The van der Waals surface area contributed by atoms with Crippen molar-refractivity contribution in [1.29, 1.82) is 0 Å². The highest BCUT2D eigenvalue weighted by Gasteiger charge is 2.32. The van der Waals surface area contributed by atoms with Crippen LogP contribution in [0, 0.1) is 0 Å². The quantitative estimate of drug-likeness (QED) is 0.0991. The van der Waals surface area contributed by atoms with Crippen molar-refractivity contribution in [2.24, 2.45) is 0 Å². The molecule has 4 aromatic carbocycles. The summed E-state index contributed by atoms with van der Waals surface area (Å²) in [6, 6.07) is 0. The van der Waals surface area contributed by atoms with Crippen molar-refractivity contribution in [1.82, 2.24) is 0 Å². The minimum Gasteiger partial charge on any atom is -0.506 e. The predicted molar refractivity (Wildman–Crippen MR) is 105 cm³/mol. The molecule has 156 valence electrons. The summed E-state index contributed by atoms with van der Waals surface area (Å²) in [6.07, 6.45) is 0. The van der Waals surface area contributed by atoms with Crippen LogP contribution >= 0.6 is 15.9 Å². The standard InChI is InChI=1S/C18H11BrO11/c19-7-8(20)3-1-2(10(22)12(24)5(3)14(26)16(7)28)4-6(13(25)9(1)21)15(27)18(30)17(29)11(4)23/h20-30H. The summed E-state index contributed by atoms with van der Waals surface area (Å²) in [5, 5.41) is 109. The fourth-order valence-electron chi connectivity index (χ4n) is 3.52. The van der Waals surface area contributed by atoms with Crippen molar-refractivity contribution in [3.8, 4) is 63.2 Å². The van der Waals surface area contributed by atoms with Gasteiger partial charge in [0, 0.05) is 21.5 Å². The maximum Gasteiger partial charge on any atom is 0.205 e. The Bertz CT molecular complexity index is 1350. The van der Waals surface area contributed by atoms with Crippen LogP contribution in [0.25, 0.3) is 32.3 Å². The minimum absolute atomic E-state index is 0.474. The number of aromatic hydroxyl groups is 11. The second-order valence-corrected chi connectivity index (χ2v) is 7.19. The second kappa shape index (κ2) is 5.73. The SMILES string of the molecule is Oc1c(O)c(O)c2c(c1O)c(O)c(O)c1c3c(O)c(Br)c(O)c(O)c3c(O)c(O)c21. The van der Waals surface area contributed by atoms with Gasteiger partial charge in [-0.05, 0) is 15.9 Å². The minimum atomic E-state index is -1.25.